The number of aryl methyl sites for hydroxylation is 1. The molecule has 0 fully saturated rings. The van der Waals surface area contributed by atoms with Crippen molar-refractivity contribution in [2.45, 2.75) is 45.2 Å². The summed E-state index contributed by atoms with van der Waals surface area (Å²) in [6.07, 6.45) is 0. The molecular formula is C32H41N3O7S. The van der Waals surface area contributed by atoms with Crippen LogP contribution in [0.1, 0.15) is 31.9 Å². The number of hydrogen-bond acceptors (Lipinski definition) is 7. The normalized spacial score (nSPS) is 11.9. The van der Waals surface area contributed by atoms with Crippen LogP contribution in [0.3, 0.4) is 0 Å². The second kappa shape index (κ2) is 14.8. The molecule has 0 aliphatic heterocycles. The summed E-state index contributed by atoms with van der Waals surface area (Å²) in [4.78, 5) is 28.7. The van der Waals surface area contributed by atoms with E-state index in [0.29, 0.717) is 18.0 Å². The highest BCUT2D eigenvalue weighted by molar-refractivity contribution is 7.92. The van der Waals surface area contributed by atoms with Crippen molar-refractivity contribution in [1.29, 1.82) is 0 Å². The summed E-state index contributed by atoms with van der Waals surface area (Å²) in [7, 11) is 0.164. The number of ether oxygens (including phenoxy) is 3. The maximum Gasteiger partial charge on any atom is 0.264 e. The first-order valence-corrected chi connectivity index (χ1v) is 15.4. The average molecular weight is 612 g/mol. The average Bonchev–Trinajstić information content (AvgIpc) is 3.00. The molecule has 0 unspecified atom stereocenters. The molecule has 0 saturated heterocycles. The maximum absolute atomic E-state index is 14.2. The van der Waals surface area contributed by atoms with E-state index in [1.807, 2.05) is 20.8 Å². The number of carbonyl (C=O) groups is 2. The highest BCUT2D eigenvalue weighted by atomic mass is 32.2. The standard InChI is InChI=1S/C32H41N3O7S/c1-22(2)19-33-32(37)24(4)34(20-25-10-12-26(40-5)13-11-25)31(36)21-35(29-18-27(41-6)14-17-30(29)42-7)43(38,39)28-15-8-23(3)9-16-28/h8-18,22,24H,19-21H2,1-7H3,(H,33,37)/t24-/m0/s1. The van der Waals surface area contributed by atoms with E-state index in [0.717, 1.165) is 15.4 Å². The second-order valence-electron chi connectivity index (χ2n) is 10.5. The van der Waals surface area contributed by atoms with Gasteiger partial charge in [0.1, 0.15) is 29.8 Å². The first kappa shape index (κ1) is 33.3. The van der Waals surface area contributed by atoms with Crippen LogP contribution in [-0.4, -0.2) is 65.6 Å². The summed E-state index contributed by atoms with van der Waals surface area (Å²) in [5.41, 5.74) is 1.74. The lowest BCUT2D eigenvalue weighted by molar-refractivity contribution is -0.139. The molecule has 1 atom stereocenters. The molecule has 0 saturated carbocycles. The van der Waals surface area contributed by atoms with E-state index >= 15 is 0 Å². The van der Waals surface area contributed by atoms with Crippen LogP contribution in [0, 0.1) is 12.8 Å². The van der Waals surface area contributed by atoms with Crippen LogP contribution in [0.2, 0.25) is 0 Å². The van der Waals surface area contributed by atoms with Gasteiger partial charge in [0.25, 0.3) is 10.0 Å². The van der Waals surface area contributed by atoms with Gasteiger partial charge < -0.3 is 24.4 Å². The minimum absolute atomic E-state index is 0.000187. The highest BCUT2D eigenvalue weighted by Crippen LogP contribution is 2.36. The summed E-state index contributed by atoms with van der Waals surface area (Å²) in [6.45, 7) is 7.32. The van der Waals surface area contributed by atoms with Crippen molar-refractivity contribution >= 4 is 27.5 Å². The Bertz CT molecular complexity index is 1490. The number of amides is 2. The lowest BCUT2D eigenvalue weighted by atomic mass is 10.1. The van der Waals surface area contributed by atoms with Crippen LogP contribution in [0.25, 0.3) is 0 Å². The van der Waals surface area contributed by atoms with Crippen molar-refractivity contribution in [2.75, 3.05) is 38.7 Å². The number of nitrogens with one attached hydrogen (secondary N) is 1. The molecule has 0 aliphatic carbocycles. The fraction of sp³-hybridized carbons (Fsp3) is 0.375. The van der Waals surface area contributed by atoms with Gasteiger partial charge in [-0.3, -0.25) is 13.9 Å². The first-order valence-electron chi connectivity index (χ1n) is 13.9. The Morgan fingerprint density at radius 3 is 2.00 bits per heavy atom. The smallest absolute Gasteiger partial charge is 0.264 e. The Hall–Kier alpha value is -4.25. The molecule has 0 spiro atoms. The summed E-state index contributed by atoms with van der Waals surface area (Å²) < 4.78 is 45.4. The summed E-state index contributed by atoms with van der Waals surface area (Å²) in [5.74, 6) is 0.533. The van der Waals surface area contributed by atoms with Crippen molar-refractivity contribution in [3.05, 3.63) is 77.9 Å². The molecule has 0 heterocycles. The lowest BCUT2D eigenvalue weighted by Crippen LogP contribution is -2.51. The third-order valence-electron chi connectivity index (χ3n) is 6.91. The van der Waals surface area contributed by atoms with E-state index in [1.54, 1.807) is 62.6 Å². The Balaban J connectivity index is 2.10. The minimum atomic E-state index is -4.27. The molecule has 43 heavy (non-hydrogen) atoms. The van der Waals surface area contributed by atoms with Gasteiger partial charge in [0, 0.05) is 19.2 Å². The number of hydrogen-bond donors (Lipinski definition) is 1. The van der Waals surface area contributed by atoms with E-state index in [9.17, 15) is 18.0 Å². The maximum atomic E-state index is 14.2. The second-order valence-corrected chi connectivity index (χ2v) is 12.4. The Morgan fingerprint density at radius 2 is 1.44 bits per heavy atom. The Labute approximate surface area is 254 Å². The molecule has 3 aromatic carbocycles. The molecular weight excluding hydrogens is 570 g/mol. The third-order valence-corrected chi connectivity index (χ3v) is 8.68. The largest absolute Gasteiger partial charge is 0.497 e. The van der Waals surface area contributed by atoms with Crippen LogP contribution in [-0.2, 0) is 26.2 Å². The van der Waals surface area contributed by atoms with Gasteiger partial charge >= 0.3 is 0 Å². The van der Waals surface area contributed by atoms with Crippen molar-refractivity contribution < 1.29 is 32.2 Å². The molecule has 0 aliphatic rings. The van der Waals surface area contributed by atoms with E-state index in [4.69, 9.17) is 14.2 Å². The van der Waals surface area contributed by atoms with Crippen LogP contribution in [0.4, 0.5) is 5.69 Å². The van der Waals surface area contributed by atoms with Gasteiger partial charge in [-0.25, -0.2) is 8.42 Å². The number of anilines is 1. The molecule has 0 radical (unpaired) electrons. The third kappa shape index (κ3) is 8.41. The van der Waals surface area contributed by atoms with Gasteiger partial charge in [0.15, 0.2) is 0 Å². The fourth-order valence-corrected chi connectivity index (χ4v) is 5.72. The number of carbonyl (C=O) groups excluding carboxylic acids is 2. The fourth-order valence-electron chi connectivity index (χ4n) is 4.31. The molecule has 10 nitrogen and oxygen atoms in total. The molecule has 0 aromatic heterocycles. The van der Waals surface area contributed by atoms with E-state index < -0.39 is 28.5 Å². The topological polar surface area (TPSA) is 114 Å². The van der Waals surface area contributed by atoms with Gasteiger partial charge in [-0.15, -0.1) is 0 Å². The molecule has 0 bridgehead atoms. The number of nitrogens with zero attached hydrogens (tertiary/aromatic N) is 2. The van der Waals surface area contributed by atoms with Gasteiger partial charge in [-0.05, 0) is 61.7 Å². The molecule has 2 amide bonds. The number of benzene rings is 3. The number of rotatable bonds is 14. The molecule has 232 valence electrons. The zero-order valence-electron chi connectivity index (χ0n) is 25.8. The quantitative estimate of drug-likeness (QED) is 0.287. The van der Waals surface area contributed by atoms with Gasteiger partial charge in [0.2, 0.25) is 11.8 Å². The van der Waals surface area contributed by atoms with Crippen LogP contribution >= 0.6 is 0 Å². The van der Waals surface area contributed by atoms with Crippen LogP contribution in [0.5, 0.6) is 17.2 Å². The molecule has 3 aromatic rings. The zero-order valence-corrected chi connectivity index (χ0v) is 26.6. The van der Waals surface area contributed by atoms with Crippen molar-refractivity contribution in [1.82, 2.24) is 10.2 Å². The van der Waals surface area contributed by atoms with E-state index in [-0.39, 0.29) is 34.7 Å². The summed E-state index contributed by atoms with van der Waals surface area (Å²) in [6, 6.07) is 17.3. The van der Waals surface area contributed by atoms with Crippen molar-refractivity contribution in [2.24, 2.45) is 5.92 Å². The monoisotopic (exact) mass is 611 g/mol. The number of sulfonamides is 1. The Morgan fingerprint density at radius 1 is 0.837 bits per heavy atom. The van der Waals surface area contributed by atoms with Crippen molar-refractivity contribution in [3.8, 4) is 17.2 Å². The van der Waals surface area contributed by atoms with E-state index in [1.165, 1.54) is 37.3 Å². The predicted octanol–water partition coefficient (Wildman–Crippen LogP) is 4.41. The number of methoxy groups -OCH3 is 3. The molecule has 3 rings (SSSR count). The zero-order chi connectivity index (χ0) is 31.7. The van der Waals surface area contributed by atoms with Gasteiger partial charge in [-0.1, -0.05) is 43.7 Å². The highest BCUT2D eigenvalue weighted by Gasteiger charge is 2.34. The predicted molar refractivity (Wildman–Crippen MR) is 166 cm³/mol. The van der Waals surface area contributed by atoms with Crippen LogP contribution in [0.15, 0.2) is 71.6 Å². The molecule has 1 N–H and O–H groups in total. The Kier molecular flexibility index (Phi) is 11.4. The van der Waals surface area contributed by atoms with Crippen LogP contribution < -0.4 is 23.8 Å². The lowest BCUT2D eigenvalue weighted by Gasteiger charge is -2.32. The summed E-state index contributed by atoms with van der Waals surface area (Å²) >= 11 is 0. The first-order chi connectivity index (χ1) is 20.4. The van der Waals surface area contributed by atoms with Gasteiger partial charge in [0.05, 0.1) is 31.9 Å². The summed E-state index contributed by atoms with van der Waals surface area (Å²) in [5, 5.41) is 2.88. The van der Waals surface area contributed by atoms with E-state index in [2.05, 4.69) is 5.32 Å². The minimum Gasteiger partial charge on any atom is -0.497 e. The van der Waals surface area contributed by atoms with Gasteiger partial charge in [-0.2, -0.15) is 0 Å². The molecule has 11 heteroatoms. The SMILES string of the molecule is COc1ccc(CN(C(=O)CN(c2cc(OC)ccc2OC)S(=O)(=O)c2ccc(C)cc2)[C@@H](C)C(=O)NCC(C)C)cc1. The van der Waals surface area contributed by atoms with Crippen molar-refractivity contribution in [3.63, 3.8) is 0 Å².